The molecule has 4 aromatic carbocycles. The zero-order chi connectivity index (χ0) is 26.3. The lowest BCUT2D eigenvalue weighted by atomic mass is 9.96. The van der Waals surface area contributed by atoms with Crippen molar-refractivity contribution in [3.05, 3.63) is 101 Å². The lowest BCUT2D eigenvalue weighted by Crippen LogP contribution is -2.17. The summed E-state index contributed by atoms with van der Waals surface area (Å²) in [6, 6.07) is 23.9. The van der Waals surface area contributed by atoms with E-state index in [1.54, 1.807) is 18.2 Å². The standard InChI is InChI=1S/C32H32F4O/c1-2-3-4-5-6-7-23-8-13-25(14-9-23)27-18-21-30-28(22-27)17-16-26(31(30)33)15-10-24-11-19-29(20-12-24)37-32(34,35)36/h8-9,11-14,16-22H,2-7,10,15H2,1H3. The van der Waals surface area contributed by atoms with Gasteiger partial charge in [-0.15, -0.1) is 13.2 Å². The maximum absolute atomic E-state index is 15.3. The number of rotatable bonds is 11. The van der Waals surface area contributed by atoms with Crippen LogP contribution in [0.25, 0.3) is 21.9 Å². The number of hydrogen-bond acceptors (Lipinski definition) is 1. The third-order valence-corrected chi connectivity index (χ3v) is 6.73. The molecule has 0 aliphatic rings. The highest BCUT2D eigenvalue weighted by molar-refractivity contribution is 5.88. The predicted octanol–water partition coefficient (Wildman–Crippen LogP) is 9.84. The van der Waals surface area contributed by atoms with Crippen molar-refractivity contribution in [2.24, 2.45) is 0 Å². The van der Waals surface area contributed by atoms with Gasteiger partial charge in [-0.25, -0.2) is 4.39 Å². The summed E-state index contributed by atoms with van der Waals surface area (Å²) in [6.45, 7) is 2.23. The SMILES string of the molecule is CCCCCCCc1ccc(-c2ccc3c(F)c(CCc4ccc(OC(F)(F)F)cc4)ccc3c2)cc1. The van der Waals surface area contributed by atoms with E-state index in [0.717, 1.165) is 28.5 Å². The van der Waals surface area contributed by atoms with Gasteiger partial charge in [0.2, 0.25) is 0 Å². The van der Waals surface area contributed by atoms with Gasteiger partial charge in [-0.3, -0.25) is 0 Å². The summed E-state index contributed by atoms with van der Waals surface area (Å²) in [5, 5.41) is 1.41. The normalized spacial score (nSPS) is 11.7. The first-order valence-corrected chi connectivity index (χ1v) is 13.0. The van der Waals surface area contributed by atoms with Crippen LogP contribution in [0.15, 0.2) is 78.9 Å². The van der Waals surface area contributed by atoms with E-state index >= 15 is 4.39 Å². The molecule has 4 rings (SSSR count). The molecule has 0 N–H and O–H groups in total. The second-order valence-electron chi connectivity index (χ2n) is 9.53. The molecule has 0 bridgehead atoms. The summed E-state index contributed by atoms with van der Waals surface area (Å²) in [6.07, 6.45) is 3.70. The zero-order valence-corrected chi connectivity index (χ0v) is 21.1. The van der Waals surface area contributed by atoms with Crippen LogP contribution >= 0.6 is 0 Å². The molecule has 0 amide bonds. The summed E-state index contributed by atoms with van der Waals surface area (Å²) in [4.78, 5) is 0. The minimum absolute atomic E-state index is 0.250. The summed E-state index contributed by atoms with van der Waals surface area (Å²) in [5.41, 5.74) is 4.90. The van der Waals surface area contributed by atoms with Crippen molar-refractivity contribution in [2.75, 3.05) is 0 Å². The van der Waals surface area contributed by atoms with Crippen molar-refractivity contribution in [1.29, 1.82) is 0 Å². The van der Waals surface area contributed by atoms with Crippen molar-refractivity contribution < 1.29 is 22.3 Å². The topological polar surface area (TPSA) is 9.23 Å². The molecule has 5 heteroatoms. The van der Waals surface area contributed by atoms with Crippen LogP contribution in [-0.2, 0) is 19.3 Å². The third kappa shape index (κ3) is 7.58. The Morgan fingerprint density at radius 3 is 2.00 bits per heavy atom. The van der Waals surface area contributed by atoms with Crippen molar-refractivity contribution in [3.8, 4) is 16.9 Å². The van der Waals surface area contributed by atoms with E-state index in [-0.39, 0.29) is 11.6 Å². The fraction of sp³-hybridized carbons (Fsp3) is 0.312. The molecule has 194 valence electrons. The Morgan fingerprint density at radius 1 is 0.649 bits per heavy atom. The predicted molar refractivity (Wildman–Crippen MR) is 142 cm³/mol. The maximum Gasteiger partial charge on any atom is 0.573 e. The molecule has 4 aromatic rings. The number of aryl methyl sites for hydroxylation is 3. The molecule has 0 radical (unpaired) electrons. The molecular formula is C32H32F4O. The number of alkyl halides is 3. The number of hydrogen-bond donors (Lipinski definition) is 0. The van der Waals surface area contributed by atoms with E-state index < -0.39 is 6.36 Å². The van der Waals surface area contributed by atoms with Gasteiger partial charge in [-0.2, -0.15) is 0 Å². The van der Waals surface area contributed by atoms with Gasteiger partial charge in [0.15, 0.2) is 0 Å². The van der Waals surface area contributed by atoms with E-state index in [2.05, 4.69) is 35.9 Å². The molecule has 37 heavy (non-hydrogen) atoms. The lowest BCUT2D eigenvalue weighted by Gasteiger charge is -2.11. The molecule has 0 aliphatic carbocycles. The van der Waals surface area contributed by atoms with Crippen molar-refractivity contribution in [3.63, 3.8) is 0 Å². The van der Waals surface area contributed by atoms with E-state index in [4.69, 9.17) is 0 Å². The van der Waals surface area contributed by atoms with E-state index in [0.29, 0.717) is 23.8 Å². The quantitative estimate of drug-likeness (QED) is 0.145. The monoisotopic (exact) mass is 508 g/mol. The number of unbranched alkanes of at least 4 members (excludes halogenated alkanes) is 4. The van der Waals surface area contributed by atoms with Crippen LogP contribution in [0.2, 0.25) is 0 Å². The van der Waals surface area contributed by atoms with E-state index in [1.165, 1.54) is 49.8 Å². The number of fused-ring (bicyclic) bond motifs is 1. The molecule has 0 heterocycles. The van der Waals surface area contributed by atoms with Gasteiger partial charge in [-0.05, 0) is 77.1 Å². The van der Waals surface area contributed by atoms with Crippen LogP contribution in [-0.4, -0.2) is 6.36 Å². The molecule has 0 spiro atoms. The van der Waals surface area contributed by atoms with Gasteiger partial charge < -0.3 is 4.74 Å². The average molecular weight is 509 g/mol. The highest BCUT2D eigenvalue weighted by Crippen LogP contribution is 2.29. The van der Waals surface area contributed by atoms with Crippen molar-refractivity contribution in [1.82, 2.24) is 0 Å². The van der Waals surface area contributed by atoms with Crippen molar-refractivity contribution >= 4 is 10.8 Å². The number of benzene rings is 4. The Balaban J connectivity index is 1.39. The maximum atomic E-state index is 15.3. The van der Waals surface area contributed by atoms with Gasteiger partial charge in [0.1, 0.15) is 11.6 Å². The fourth-order valence-corrected chi connectivity index (χ4v) is 4.64. The molecular weight excluding hydrogens is 476 g/mol. The molecule has 0 aromatic heterocycles. The zero-order valence-electron chi connectivity index (χ0n) is 21.1. The number of halogens is 4. The first kappa shape index (κ1) is 26.7. The largest absolute Gasteiger partial charge is 0.573 e. The first-order chi connectivity index (χ1) is 17.8. The Kier molecular flexibility index (Phi) is 8.86. The first-order valence-electron chi connectivity index (χ1n) is 13.0. The molecule has 1 nitrogen and oxygen atoms in total. The van der Waals surface area contributed by atoms with Crippen molar-refractivity contribution in [2.45, 2.75) is 64.7 Å². The molecule has 0 saturated heterocycles. The van der Waals surface area contributed by atoms with Crippen LogP contribution in [0.1, 0.15) is 55.7 Å². The highest BCUT2D eigenvalue weighted by atomic mass is 19.4. The minimum atomic E-state index is -4.72. The summed E-state index contributed by atoms with van der Waals surface area (Å²) in [7, 11) is 0. The van der Waals surface area contributed by atoms with Crippen LogP contribution in [0.4, 0.5) is 17.6 Å². The summed E-state index contributed by atoms with van der Waals surface area (Å²) in [5.74, 6) is -0.513. The van der Waals surface area contributed by atoms with Crippen LogP contribution in [0.3, 0.4) is 0 Å². The lowest BCUT2D eigenvalue weighted by molar-refractivity contribution is -0.274. The molecule has 0 fully saturated rings. The third-order valence-electron chi connectivity index (χ3n) is 6.73. The summed E-state index contributed by atoms with van der Waals surface area (Å²) < 4.78 is 56.1. The second kappa shape index (κ2) is 12.3. The smallest absolute Gasteiger partial charge is 0.406 e. The molecule has 0 unspecified atom stereocenters. The van der Waals surface area contributed by atoms with Crippen LogP contribution in [0.5, 0.6) is 5.75 Å². The average Bonchev–Trinajstić information content (AvgIpc) is 2.88. The molecule has 0 aliphatic heterocycles. The van der Waals surface area contributed by atoms with Gasteiger partial charge in [-0.1, -0.05) is 93.3 Å². The number of ether oxygens (including phenoxy) is 1. The highest BCUT2D eigenvalue weighted by Gasteiger charge is 2.30. The Bertz CT molecular complexity index is 1290. The van der Waals surface area contributed by atoms with Crippen LogP contribution < -0.4 is 4.74 Å². The minimum Gasteiger partial charge on any atom is -0.406 e. The van der Waals surface area contributed by atoms with Gasteiger partial charge in [0.25, 0.3) is 0 Å². The van der Waals surface area contributed by atoms with E-state index in [9.17, 15) is 13.2 Å². The molecule has 0 saturated carbocycles. The Labute approximate surface area is 216 Å². The van der Waals surface area contributed by atoms with E-state index in [1.807, 2.05) is 24.3 Å². The van der Waals surface area contributed by atoms with Gasteiger partial charge >= 0.3 is 6.36 Å². The van der Waals surface area contributed by atoms with Gasteiger partial charge in [0.05, 0.1) is 0 Å². The Hall–Kier alpha value is -3.34. The molecule has 0 atom stereocenters. The van der Waals surface area contributed by atoms with Gasteiger partial charge in [0, 0.05) is 5.39 Å². The summed E-state index contributed by atoms with van der Waals surface area (Å²) >= 11 is 0. The Morgan fingerprint density at radius 2 is 1.30 bits per heavy atom. The van der Waals surface area contributed by atoms with Crippen LogP contribution in [0, 0.1) is 5.82 Å². The second-order valence-corrected chi connectivity index (χ2v) is 9.53. The fourth-order valence-electron chi connectivity index (χ4n) is 4.64.